The third kappa shape index (κ3) is 2.82. The summed E-state index contributed by atoms with van der Waals surface area (Å²) in [6.07, 6.45) is 10.6. The summed E-state index contributed by atoms with van der Waals surface area (Å²) >= 11 is 0. The molecule has 7 nitrogen and oxygen atoms in total. The second-order valence-corrected chi connectivity index (χ2v) is 6.89. The maximum absolute atomic E-state index is 12.7. The van der Waals surface area contributed by atoms with E-state index in [1.165, 1.54) is 19.2 Å². The molecule has 2 aliphatic carbocycles. The van der Waals surface area contributed by atoms with Crippen LogP contribution in [-0.4, -0.2) is 44.4 Å². The van der Waals surface area contributed by atoms with Crippen molar-refractivity contribution in [2.45, 2.75) is 51.2 Å². The maximum Gasteiger partial charge on any atom is 0.251 e. The zero-order chi connectivity index (χ0) is 17.3. The average molecular weight is 341 g/mol. The van der Waals surface area contributed by atoms with E-state index in [0.29, 0.717) is 11.4 Å². The van der Waals surface area contributed by atoms with Gasteiger partial charge in [0.1, 0.15) is 12.7 Å². The molecular weight excluding hydrogens is 318 g/mol. The fourth-order valence-electron chi connectivity index (χ4n) is 4.34. The number of carbonyl (C=O) groups excluding carboxylic acids is 1. The van der Waals surface area contributed by atoms with Crippen LogP contribution in [0.25, 0.3) is 5.82 Å². The standard InChI is InChI=1S/C18H23N5O2/c1-2-25-15-10-14(18(15)6-3-4-7-18)22-17(24)13-5-8-20-16(9-13)23-12-19-11-21-23/h5,8-9,11-12,14-15H,2-4,6-7,10H2,1H3,(H,22,24)/t14-,15+/m1/s1. The van der Waals surface area contributed by atoms with Crippen molar-refractivity contribution in [2.24, 2.45) is 5.41 Å². The second kappa shape index (κ2) is 6.55. The monoisotopic (exact) mass is 341 g/mol. The van der Waals surface area contributed by atoms with E-state index >= 15 is 0 Å². The number of ether oxygens (including phenoxy) is 1. The Bertz CT molecular complexity index is 740. The van der Waals surface area contributed by atoms with Gasteiger partial charge in [-0.2, -0.15) is 5.10 Å². The molecule has 0 bridgehead atoms. The van der Waals surface area contributed by atoms with Gasteiger partial charge in [-0.1, -0.05) is 12.8 Å². The van der Waals surface area contributed by atoms with Gasteiger partial charge in [0, 0.05) is 29.8 Å². The number of hydrogen-bond donors (Lipinski definition) is 1. The SMILES string of the molecule is CCO[C@H]1C[C@@H](NC(=O)c2ccnc(-n3cncn3)c2)C12CCCC2. The number of pyridine rings is 1. The number of rotatable bonds is 5. The number of nitrogens with one attached hydrogen (secondary N) is 1. The Kier molecular flexibility index (Phi) is 4.25. The first-order valence-corrected chi connectivity index (χ1v) is 8.96. The van der Waals surface area contributed by atoms with E-state index < -0.39 is 0 Å². The third-order valence-electron chi connectivity index (χ3n) is 5.65. The molecule has 7 heteroatoms. The summed E-state index contributed by atoms with van der Waals surface area (Å²) in [5.74, 6) is 0.525. The van der Waals surface area contributed by atoms with Crippen molar-refractivity contribution in [3.8, 4) is 5.82 Å². The lowest BCUT2D eigenvalue weighted by Crippen LogP contribution is -2.63. The lowest BCUT2D eigenvalue weighted by molar-refractivity contribution is -0.127. The maximum atomic E-state index is 12.7. The van der Waals surface area contributed by atoms with E-state index in [1.54, 1.807) is 29.3 Å². The smallest absolute Gasteiger partial charge is 0.251 e. The molecule has 2 aromatic heterocycles. The van der Waals surface area contributed by atoms with E-state index in [1.807, 2.05) is 6.92 Å². The Balaban J connectivity index is 1.48. The third-order valence-corrected chi connectivity index (χ3v) is 5.65. The van der Waals surface area contributed by atoms with Gasteiger partial charge in [-0.25, -0.2) is 14.6 Å². The van der Waals surface area contributed by atoms with Gasteiger partial charge >= 0.3 is 0 Å². The Morgan fingerprint density at radius 3 is 3.00 bits per heavy atom. The van der Waals surface area contributed by atoms with E-state index in [9.17, 15) is 4.79 Å². The minimum absolute atomic E-state index is 0.0602. The Morgan fingerprint density at radius 1 is 1.44 bits per heavy atom. The van der Waals surface area contributed by atoms with Gasteiger partial charge in [0.2, 0.25) is 0 Å². The summed E-state index contributed by atoms with van der Waals surface area (Å²) < 4.78 is 7.47. The summed E-state index contributed by atoms with van der Waals surface area (Å²) in [6, 6.07) is 3.67. The molecule has 0 unspecified atom stereocenters. The molecule has 4 rings (SSSR count). The Labute approximate surface area is 146 Å². The quantitative estimate of drug-likeness (QED) is 0.901. The number of hydrogen-bond acceptors (Lipinski definition) is 5. The molecule has 2 aromatic rings. The van der Waals surface area contributed by atoms with Crippen molar-refractivity contribution in [1.29, 1.82) is 0 Å². The van der Waals surface area contributed by atoms with Gasteiger partial charge in [-0.15, -0.1) is 0 Å². The van der Waals surface area contributed by atoms with Gasteiger partial charge in [-0.3, -0.25) is 4.79 Å². The molecule has 2 saturated carbocycles. The largest absolute Gasteiger partial charge is 0.378 e. The second-order valence-electron chi connectivity index (χ2n) is 6.89. The van der Waals surface area contributed by atoms with Crippen molar-refractivity contribution in [2.75, 3.05) is 6.61 Å². The van der Waals surface area contributed by atoms with Crippen molar-refractivity contribution in [3.05, 3.63) is 36.5 Å². The normalized spacial score (nSPS) is 24.2. The molecule has 2 fully saturated rings. The molecule has 0 aromatic carbocycles. The fourth-order valence-corrected chi connectivity index (χ4v) is 4.34. The molecule has 2 heterocycles. The van der Waals surface area contributed by atoms with E-state index in [4.69, 9.17) is 4.74 Å². The fraction of sp³-hybridized carbons (Fsp3) is 0.556. The first-order valence-electron chi connectivity index (χ1n) is 8.96. The summed E-state index contributed by atoms with van der Waals surface area (Å²) in [7, 11) is 0. The highest BCUT2D eigenvalue weighted by molar-refractivity contribution is 5.94. The Morgan fingerprint density at radius 2 is 2.28 bits per heavy atom. The van der Waals surface area contributed by atoms with Crippen LogP contribution < -0.4 is 5.32 Å². The number of nitrogens with zero attached hydrogens (tertiary/aromatic N) is 4. The van der Waals surface area contributed by atoms with Crippen LogP contribution in [0.2, 0.25) is 0 Å². The highest BCUT2D eigenvalue weighted by Crippen LogP contribution is 2.54. The first kappa shape index (κ1) is 16.2. The molecule has 25 heavy (non-hydrogen) atoms. The Hall–Kier alpha value is -2.28. The zero-order valence-electron chi connectivity index (χ0n) is 14.4. The molecule has 132 valence electrons. The highest BCUT2D eigenvalue weighted by atomic mass is 16.5. The van der Waals surface area contributed by atoms with Crippen LogP contribution in [0, 0.1) is 5.41 Å². The highest BCUT2D eigenvalue weighted by Gasteiger charge is 2.57. The van der Waals surface area contributed by atoms with Crippen LogP contribution in [0.1, 0.15) is 49.4 Å². The van der Waals surface area contributed by atoms with Crippen LogP contribution in [0.5, 0.6) is 0 Å². The number of aromatic nitrogens is 4. The molecule has 1 N–H and O–H groups in total. The van der Waals surface area contributed by atoms with Gasteiger partial charge in [0.05, 0.1) is 6.10 Å². The average Bonchev–Trinajstić information content (AvgIpc) is 3.33. The molecule has 0 radical (unpaired) electrons. The molecule has 1 amide bonds. The van der Waals surface area contributed by atoms with E-state index in [0.717, 1.165) is 25.9 Å². The topological polar surface area (TPSA) is 81.9 Å². The van der Waals surface area contributed by atoms with Crippen LogP contribution in [-0.2, 0) is 4.74 Å². The van der Waals surface area contributed by atoms with Crippen LogP contribution in [0.15, 0.2) is 31.0 Å². The zero-order valence-corrected chi connectivity index (χ0v) is 14.4. The lowest BCUT2D eigenvalue weighted by atomic mass is 9.60. The van der Waals surface area contributed by atoms with E-state index in [-0.39, 0.29) is 23.5 Å². The number of amides is 1. The van der Waals surface area contributed by atoms with Crippen molar-refractivity contribution in [3.63, 3.8) is 0 Å². The van der Waals surface area contributed by atoms with Crippen LogP contribution in [0.4, 0.5) is 0 Å². The van der Waals surface area contributed by atoms with Gasteiger partial charge in [0.25, 0.3) is 5.91 Å². The predicted molar refractivity (Wildman–Crippen MR) is 91.3 cm³/mol. The van der Waals surface area contributed by atoms with Crippen molar-refractivity contribution >= 4 is 5.91 Å². The van der Waals surface area contributed by atoms with Gasteiger partial charge in [0.15, 0.2) is 5.82 Å². The summed E-state index contributed by atoms with van der Waals surface area (Å²) in [6.45, 7) is 2.77. The summed E-state index contributed by atoms with van der Waals surface area (Å²) in [5, 5.41) is 7.29. The van der Waals surface area contributed by atoms with Crippen LogP contribution in [0.3, 0.4) is 0 Å². The van der Waals surface area contributed by atoms with Gasteiger partial charge in [-0.05, 0) is 38.3 Å². The van der Waals surface area contributed by atoms with Crippen molar-refractivity contribution < 1.29 is 9.53 Å². The van der Waals surface area contributed by atoms with E-state index in [2.05, 4.69) is 20.4 Å². The summed E-state index contributed by atoms with van der Waals surface area (Å²) in [5.41, 5.74) is 0.724. The predicted octanol–water partition coefficient (Wildman–Crippen LogP) is 2.13. The molecule has 2 aliphatic rings. The molecule has 2 atom stereocenters. The van der Waals surface area contributed by atoms with Gasteiger partial charge < -0.3 is 10.1 Å². The molecule has 1 spiro atoms. The van der Waals surface area contributed by atoms with Crippen molar-refractivity contribution in [1.82, 2.24) is 25.1 Å². The number of carbonyl (C=O) groups is 1. The summed E-state index contributed by atoms with van der Waals surface area (Å²) in [4.78, 5) is 20.9. The molecule has 0 aliphatic heterocycles. The lowest BCUT2D eigenvalue weighted by Gasteiger charge is -2.54. The van der Waals surface area contributed by atoms with Crippen LogP contribution >= 0.6 is 0 Å². The minimum atomic E-state index is -0.0602. The molecular formula is C18H23N5O2. The minimum Gasteiger partial charge on any atom is -0.378 e. The molecule has 0 saturated heterocycles. The first-order chi connectivity index (χ1) is 12.2.